The maximum Gasteiger partial charge on any atom is 0.138 e. The quantitative estimate of drug-likeness (QED) is 0.400. The molecule has 0 aromatic carbocycles. The highest BCUT2D eigenvalue weighted by atomic mass is 16.5. The molecule has 2 spiro atoms. The number of hydrogen-bond donors (Lipinski definition) is 0. The van der Waals surface area contributed by atoms with Gasteiger partial charge in [-0.15, -0.1) is 0 Å². The van der Waals surface area contributed by atoms with Crippen LogP contribution in [0.1, 0.15) is 106 Å². The van der Waals surface area contributed by atoms with Crippen molar-refractivity contribution in [2.45, 2.75) is 118 Å². The van der Waals surface area contributed by atoms with E-state index in [1.807, 2.05) is 0 Å². The summed E-state index contributed by atoms with van der Waals surface area (Å²) < 4.78 is 6.87. The Labute approximate surface area is 196 Å². The van der Waals surface area contributed by atoms with Crippen LogP contribution in [0.2, 0.25) is 0 Å². The summed E-state index contributed by atoms with van der Waals surface area (Å²) >= 11 is 0. The Morgan fingerprint density at radius 3 is 2.38 bits per heavy atom. The lowest BCUT2D eigenvalue weighted by atomic mass is 9.42. The van der Waals surface area contributed by atoms with Gasteiger partial charge >= 0.3 is 0 Å². The molecule has 6 rings (SSSR count). The largest absolute Gasteiger partial charge is 0.371 e. The van der Waals surface area contributed by atoms with E-state index in [0.717, 1.165) is 18.3 Å². The van der Waals surface area contributed by atoms with E-state index in [1.54, 1.807) is 0 Å². The molecule has 5 saturated carbocycles. The molecule has 0 aromatic rings. The van der Waals surface area contributed by atoms with Crippen LogP contribution in [0.3, 0.4) is 0 Å². The van der Waals surface area contributed by atoms with Gasteiger partial charge in [-0.2, -0.15) is 0 Å². The number of ketones is 1. The molecular formula is C30H46O2. The molecule has 0 amide bonds. The van der Waals surface area contributed by atoms with E-state index in [4.69, 9.17) is 4.74 Å². The molecule has 6 fully saturated rings. The van der Waals surface area contributed by atoms with Gasteiger partial charge in [-0.3, -0.25) is 4.79 Å². The third kappa shape index (κ3) is 2.35. The van der Waals surface area contributed by atoms with Gasteiger partial charge in [-0.25, -0.2) is 0 Å². The van der Waals surface area contributed by atoms with Crippen LogP contribution in [0.4, 0.5) is 0 Å². The molecule has 6 aliphatic rings. The van der Waals surface area contributed by atoms with Gasteiger partial charge in [0.05, 0.1) is 12.2 Å². The van der Waals surface area contributed by atoms with Crippen LogP contribution in [-0.4, -0.2) is 18.0 Å². The molecule has 1 aliphatic heterocycles. The first kappa shape index (κ1) is 21.9. The third-order valence-corrected chi connectivity index (χ3v) is 13.0. The molecule has 10 atom stereocenters. The second kappa shape index (κ2) is 6.32. The second-order valence-corrected chi connectivity index (χ2v) is 14.6. The fourth-order valence-electron chi connectivity index (χ4n) is 11.6. The highest BCUT2D eigenvalue weighted by molar-refractivity contribution is 5.86. The van der Waals surface area contributed by atoms with Crippen molar-refractivity contribution in [3.8, 4) is 0 Å². The number of hydrogen-bond acceptors (Lipinski definition) is 2. The standard InChI is InChI=1S/C30H46O2/c1-18(2)14-20-15-19(3)25-21(32-20)16-28(7)23-9-8-22-26(4,5)24(31)10-11-29(22)17-30(23,29)13-12-27(25,28)6/h14,19-23,25H,8-13,15-17H2,1-7H3. The van der Waals surface area contributed by atoms with Crippen molar-refractivity contribution in [2.75, 3.05) is 0 Å². The van der Waals surface area contributed by atoms with Crippen molar-refractivity contribution in [3.63, 3.8) is 0 Å². The van der Waals surface area contributed by atoms with Gasteiger partial charge in [0, 0.05) is 11.8 Å². The average Bonchev–Trinajstić information content (AvgIpc) is 3.29. The number of carbonyl (C=O) groups is 1. The first-order chi connectivity index (χ1) is 14.9. The topological polar surface area (TPSA) is 26.3 Å². The lowest BCUT2D eigenvalue weighted by Gasteiger charge is -2.62. The summed E-state index contributed by atoms with van der Waals surface area (Å²) in [6, 6.07) is 0. The van der Waals surface area contributed by atoms with Crippen molar-refractivity contribution in [1.82, 2.24) is 0 Å². The van der Waals surface area contributed by atoms with Gasteiger partial charge in [-0.1, -0.05) is 46.3 Å². The summed E-state index contributed by atoms with van der Waals surface area (Å²) in [4.78, 5) is 12.9. The molecule has 0 aromatic heterocycles. The molecule has 5 aliphatic carbocycles. The SMILES string of the molecule is CC(C)=CC1CC(C)C2C(CC3(C)C4CCC5C(C)(C)C(=O)CCC56CC46CCC23C)O1. The summed E-state index contributed by atoms with van der Waals surface area (Å²) in [6.45, 7) is 16.9. The summed E-state index contributed by atoms with van der Waals surface area (Å²) in [5.41, 5.74) is 3.07. The molecule has 2 heteroatoms. The Balaban J connectivity index is 1.36. The zero-order valence-corrected chi connectivity index (χ0v) is 21.7. The van der Waals surface area contributed by atoms with Crippen LogP contribution >= 0.6 is 0 Å². The van der Waals surface area contributed by atoms with E-state index in [2.05, 4.69) is 54.5 Å². The fourth-order valence-corrected chi connectivity index (χ4v) is 11.6. The molecule has 2 nitrogen and oxygen atoms in total. The van der Waals surface area contributed by atoms with Gasteiger partial charge in [0.25, 0.3) is 0 Å². The van der Waals surface area contributed by atoms with Crippen LogP contribution in [0, 0.1) is 50.7 Å². The molecule has 178 valence electrons. The number of rotatable bonds is 1. The van der Waals surface area contributed by atoms with E-state index in [1.165, 1.54) is 56.9 Å². The highest BCUT2D eigenvalue weighted by Gasteiger charge is 2.83. The zero-order chi connectivity index (χ0) is 22.9. The van der Waals surface area contributed by atoms with Crippen molar-refractivity contribution < 1.29 is 9.53 Å². The first-order valence-corrected chi connectivity index (χ1v) is 13.8. The van der Waals surface area contributed by atoms with E-state index >= 15 is 0 Å². The number of fused-ring (bicyclic) bond motifs is 4. The summed E-state index contributed by atoms with van der Waals surface area (Å²) in [5.74, 6) is 3.45. The minimum atomic E-state index is -0.104. The number of allylic oxidation sites excluding steroid dienone is 1. The van der Waals surface area contributed by atoms with E-state index in [0.29, 0.717) is 51.5 Å². The van der Waals surface area contributed by atoms with Crippen molar-refractivity contribution in [2.24, 2.45) is 50.7 Å². The summed E-state index contributed by atoms with van der Waals surface area (Å²) in [5, 5.41) is 0. The van der Waals surface area contributed by atoms with E-state index in [-0.39, 0.29) is 5.41 Å². The fraction of sp³-hybridized carbons (Fsp3) is 0.900. The second-order valence-electron chi connectivity index (χ2n) is 14.6. The van der Waals surface area contributed by atoms with Gasteiger partial charge < -0.3 is 4.74 Å². The Morgan fingerprint density at radius 2 is 1.66 bits per heavy atom. The molecule has 1 heterocycles. The maximum atomic E-state index is 12.9. The summed E-state index contributed by atoms with van der Waals surface area (Å²) in [6.07, 6.45) is 14.4. The van der Waals surface area contributed by atoms with Crippen molar-refractivity contribution >= 4 is 5.78 Å². The molecule has 0 bridgehead atoms. The predicted octanol–water partition coefficient (Wildman–Crippen LogP) is 7.36. The normalized spacial score (nSPS) is 57.4. The molecule has 1 saturated heterocycles. The van der Waals surface area contributed by atoms with Crippen LogP contribution in [0.15, 0.2) is 11.6 Å². The first-order valence-electron chi connectivity index (χ1n) is 13.8. The van der Waals surface area contributed by atoms with Crippen LogP contribution in [-0.2, 0) is 9.53 Å². The summed E-state index contributed by atoms with van der Waals surface area (Å²) in [7, 11) is 0. The zero-order valence-electron chi connectivity index (χ0n) is 21.7. The minimum absolute atomic E-state index is 0.104. The Bertz CT molecular complexity index is 881. The van der Waals surface area contributed by atoms with Crippen molar-refractivity contribution in [1.29, 1.82) is 0 Å². The molecule has 10 unspecified atom stereocenters. The smallest absolute Gasteiger partial charge is 0.138 e. The van der Waals surface area contributed by atoms with Crippen LogP contribution in [0.25, 0.3) is 0 Å². The number of Topliss-reactive ketones (excluding diaryl/α,β-unsaturated/α-hetero) is 1. The molecule has 0 radical (unpaired) electrons. The lowest BCUT2D eigenvalue weighted by Crippen LogP contribution is -2.57. The Kier molecular flexibility index (Phi) is 4.32. The van der Waals surface area contributed by atoms with Gasteiger partial charge in [-0.05, 0) is 111 Å². The van der Waals surface area contributed by atoms with E-state index in [9.17, 15) is 4.79 Å². The van der Waals surface area contributed by atoms with Crippen molar-refractivity contribution in [3.05, 3.63) is 11.6 Å². The maximum absolute atomic E-state index is 12.9. The number of carbonyl (C=O) groups excluding carboxylic acids is 1. The molecule has 0 N–H and O–H groups in total. The van der Waals surface area contributed by atoms with Gasteiger partial charge in [0.2, 0.25) is 0 Å². The van der Waals surface area contributed by atoms with Gasteiger partial charge in [0.15, 0.2) is 0 Å². The average molecular weight is 439 g/mol. The van der Waals surface area contributed by atoms with Crippen LogP contribution in [0.5, 0.6) is 0 Å². The molecular weight excluding hydrogens is 392 g/mol. The number of ether oxygens (including phenoxy) is 1. The van der Waals surface area contributed by atoms with E-state index < -0.39 is 0 Å². The predicted molar refractivity (Wildman–Crippen MR) is 129 cm³/mol. The lowest BCUT2D eigenvalue weighted by molar-refractivity contribution is -0.159. The highest BCUT2D eigenvalue weighted by Crippen LogP contribution is 2.89. The Morgan fingerprint density at radius 1 is 0.969 bits per heavy atom. The minimum Gasteiger partial charge on any atom is -0.371 e. The molecule has 32 heavy (non-hydrogen) atoms. The van der Waals surface area contributed by atoms with Gasteiger partial charge in [0.1, 0.15) is 5.78 Å². The Hall–Kier alpha value is -0.630. The third-order valence-electron chi connectivity index (χ3n) is 13.0. The van der Waals surface area contributed by atoms with Crippen LogP contribution < -0.4 is 0 Å². The monoisotopic (exact) mass is 438 g/mol.